The Morgan fingerprint density at radius 2 is 1.96 bits per heavy atom. The quantitative estimate of drug-likeness (QED) is 0.293. The van der Waals surface area contributed by atoms with Crippen LogP contribution in [0.1, 0.15) is 25.5 Å². The summed E-state index contributed by atoms with van der Waals surface area (Å²) in [5.74, 6) is -0.390. The highest BCUT2D eigenvalue weighted by Gasteiger charge is 2.44. The van der Waals surface area contributed by atoms with E-state index in [1.807, 2.05) is 0 Å². The van der Waals surface area contributed by atoms with E-state index in [4.69, 9.17) is 27.7 Å². The van der Waals surface area contributed by atoms with Crippen LogP contribution in [0.2, 0.25) is 0 Å². The highest BCUT2D eigenvalue weighted by Crippen LogP contribution is 2.33. The molecule has 12 nitrogen and oxygen atoms in total. The van der Waals surface area contributed by atoms with Crippen LogP contribution >= 0.6 is 0 Å². The molecule has 2 aromatic heterocycles. The van der Waals surface area contributed by atoms with Crippen LogP contribution in [-0.2, 0) is 9.53 Å². The largest absolute Gasteiger partial charge is 0.388 e. The fourth-order valence-electron chi connectivity index (χ4n) is 3.16. The fourth-order valence-corrected chi connectivity index (χ4v) is 3.16. The Labute approximate surface area is 154 Å². The fraction of sp³-hybridized carbons (Fsp3) is 0.600. The van der Waals surface area contributed by atoms with Crippen molar-refractivity contribution in [2.45, 2.75) is 55.9 Å². The zero-order valence-electron chi connectivity index (χ0n) is 14.5. The van der Waals surface area contributed by atoms with Crippen molar-refractivity contribution in [3.05, 3.63) is 12.7 Å². The third kappa shape index (κ3) is 3.84. The van der Waals surface area contributed by atoms with Gasteiger partial charge in [0, 0.05) is 6.04 Å². The Bertz CT molecular complexity index is 814. The average molecular weight is 380 g/mol. The van der Waals surface area contributed by atoms with Gasteiger partial charge >= 0.3 is 0 Å². The van der Waals surface area contributed by atoms with Crippen LogP contribution in [0.15, 0.2) is 12.7 Å². The molecule has 0 radical (unpaired) electrons. The Balaban J connectivity index is 1.68. The van der Waals surface area contributed by atoms with Gasteiger partial charge in [-0.25, -0.2) is 15.0 Å². The molecule has 0 bridgehead atoms. The lowest BCUT2D eigenvalue weighted by Crippen LogP contribution is -2.39. The van der Waals surface area contributed by atoms with Gasteiger partial charge < -0.3 is 37.9 Å². The number of nitrogens with zero attached hydrogens (tertiary/aromatic N) is 4. The topological polar surface area (TPSA) is 214 Å². The van der Waals surface area contributed by atoms with E-state index >= 15 is 0 Å². The van der Waals surface area contributed by atoms with Gasteiger partial charge in [-0.1, -0.05) is 0 Å². The molecular weight excluding hydrogens is 356 g/mol. The molecule has 0 aliphatic carbocycles. The summed E-state index contributed by atoms with van der Waals surface area (Å²) in [4.78, 5) is 23.1. The molecular formula is C15H24N8O4. The number of hydrogen-bond donors (Lipinski definition) is 6. The Kier molecular flexibility index (Phi) is 5.53. The summed E-state index contributed by atoms with van der Waals surface area (Å²) in [6, 6.07) is -1.16. The maximum absolute atomic E-state index is 11.0. The molecule has 3 heterocycles. The summed E-state index contributed by atoms with van der Waals surface area (Å²) in [5, 5.41) is 20.8. The summed E-state index contributed by atoms with van der Waals surface area (Å²) < 4.78 is 7.32. The van der Waals surface area contributed by atoms with E-state index in [1.54, 1.807) is 0 Å². The van der Waals surface area contributed by atoms with Crippen LogP contribution in [0.25, 0.3) is 11.2 Å². The average Bonchev–Trinajstić information content (AvgIpc) is 3.17. The van der Waals surface area contributed by atoms with E-state index in [1.165, 1.54) is 17.2 Å². The molecule has 1 aliphatic rings. The second kappa shape index (κ2) is 7.70. The van der Waals surface area contributed by atoms with Gasteiger partial charge in [0.1, 0.15) is 24.1 Å². The molecule has 3 rings (SSSR count). The number of hydrogen-bond acceptors (Lipinski definition) is 10. The number of carbonyl (C=O) groups excluding carboxylic acids is 1. The van der Waals surface area contributed by atoms with E-state index in [2.05, 4.69) is 15.0 Å². The summed E-state index contributed by atoms with van der Waals surface area (Å²) in [7, 11) is 0. The van der Waals surface area contributed by atoms with Crippen molar-refractivity contribution in [3.8, 4) is 0 Å². The molecule has 10 N–H and O–H groups in total. The van der Waals surface area contributed by atoms with Crippen molar-refractivity contribution < 1.29 is 19.7 Å². The summed E-state index contributed by atoms with van der Waals surface area (Å²) in [6.45, 7) is 0. The van der Waals surface area contributed by atoms with Crippen LogP contribution in [-0.4, -0.2) is 66.0 Å². The van der Waals surface area contributed by atoms with Crippen LogP contribution in [0, 0.1) is 0 Å². The van der Waals surface area contributed by atoms with E-state index in [-0.39, 0.29) is 12.2 Å². The first kappa shape index (κ1) is 19.4. The molecule has 1 aliphatic heterocycles. The number of amides is 1. The number of imidazole rings is 1. The van der Waals surface area contributed by atoms with E-state index in [0.29, 0.717) is 24.0 Å². The minimum absolute atomic E-state index is 0.205. The molecule has 6 atom stereocenters. The molecule has 1 fully saturated rings. The highest BCUT2D eigenvalue weighted by molar-refractivity contribution is 5.81. The molecule has 148 valence electrons. The van der Waals surface area contributed by atoms with Crippen LogP contribution < -0.4 is 22.9 Å². The number of fused-ring (bicyclic) bond motifs is 1. The maximum atomic E-state index is 11.0. The van der Waals surface area contributed by atoms with Crippen molar-refractivity contribution in [1.29, 1.82) is 0 Å². The monoisotopic (exact) mass is 380 g/mol. The molecule has 1 unspecified atom stereocenters. The lowest BCUT2D eigenvalue weighted by molar-refractivity contribution is -0.119. The van der Waals surface area contributed by atoms with E-state index in [9.17, 15) is 15.0 Å². The number of nitrogen functional groups attached to an aromatic ring is 1. The second-order valence-electron chi connectivity index (χ2n) is 6.71. The van der Waals surface area contributed by atoms with Crippen LogP contribution in [0.3, 0.4) is 0 Å². The van der Waals surface area contributed by atoms with E-state index in [0.717, 1.165) is 0 Å². The Hall–Kier alpha value is -2.38. The minimum Gasteiger partial charge on any atom is -0.388 e. The van der Waals surface area contributed by atoms with Gasteiger partial charge in [0.05, 0.1) is 18.5 Å². The van der Waals surface area contributed by atoms with Crippen molar-refractivity contribution >= 4 is 22.9 Å². The number of rotatable bonds is 7. The Morgan fingerprint density at radius 1 is 1.22 bits per heavy atom. The standard InChI is InChI=1S/C15H24N8O4/c16-6(1-2-7(17)13(19)26)3-8-10(24)11(25)15(27-8)23-5-22-9-12(18)20-4-21-14(9)23/h4-8,10-11,15,24-25H,1-3,16-17H2,(H2,19,26)(H2,18,20,21)/t6-,7-,8+,10?,11-,15+/m0/s1. The van der Waals surface area contributed by atoms with Gasteiger partial charge in [0.2, 0.25) is 5.91 Å². The van der Waals surface area contributed by atoms with Gasteiger partial charge in [-0.15, -0.1) is 0 Å². The SMILES string of the molecule is NC(=O)[C@@H](N)CC[C@H](N)C[C@H]1O[C@@H](n2cnc3c(N)ncnc32)[C@@H](O)C1O. The highest BCUT2D eigenvalue weighted by atomic mass is 16.6. The molecule has 2 aromatic rings. The van der Waals surface area contributed by atoms with Crippen molar-refractivity contribution in [1.82, 2.24) is 19.5 Å². The predicted octanol–water partition coefficient (Wildman–Crippen LogP) is -2.66. The first-order valence-electron chi connectivity index (χ1n) is 8.54. The first-order valence-corrected chi connectivity index (χ1v) is 8.54. The smallest absolute Gasteiger partial charge is 0.234 e. The third-order valence-electron chi connectivity index (χ3n) is 4.75. The third-order valence-corrected chi connectivity index (χ3v) is 4.75. The first-order chi connectivity index (χ1) is 12.8. The minimum atomic E-state index is -1.20. The second-order valence-corrected chi connectivity index (χ2v) is 6.71. The molecule has 1 saturated heterocycles. The van der Waals surface area contributed by atoms with Gasteiger partial charge in [-0.3, -0.25) is 9.36 Å². The van der Waals surface area contributed by atoms with Gasteiger partial charge in [-0.05, 0) is 19.3 Å². The lowest BCUT2D eigenvalue weighted by Gasteiger charge is -2.20. The van der Waals surface area contributed by atoms with Gasteiger partial charge in [-0.2, -0.15) is 0 Å². The van der Waals surface area contributed by atoms with Crippen molar-refractivity contribution in [2.75, 3.05) is 5.73 Å². The zero-order valence-corrected chi connectivity index (χ0v) is 14.5. The number of nitrogens with two attached hydrogens (primary N) is 4. The molecule has 1 amide bonds. The van der Waals surface area contributed by atoms with Crippen LogP contribution in [0.4, 0.5) is 5.82 Å². The van der Waals surface area contributed by atoms with E-state index < -0.39 is 42.5 Å². The molecule has 27 heavy (non-hydrogen) atoms. The summed E-state index contributed by atoms with van der Waals surface area (Å²) in [6.07, 6.45) is -0.239. The van der Waals surface area contributed by atoms with Crippen molar-refractivity contribution in [2.24, 2.45) is 17.2 Å². The zero-order chi connectivity index (χ0) is 19.7. The molecule has 0 spiro atoms. The number of anilines is 1. The molecule has 0 saturated carbocycles. The number of aromatic nitrogens is 4. The van der Waals surface area contributed by atoms with Crippen LogP contribution in [0.5, 0.6) is 0 Å². The lowest BCUT2D eigenvalue weighted by atomic mass is 9.98. The summed E-state index contributed by atoms with van der Waals surface area (Å²) >= 11 is 0. The predicted molar refractivity (Wildman–Crippen MR) is 94.7 cm³/mol. The Morgan fingerprint density at radius 3 is 2.67 bits per heavy atom. The number of primary amides is 1. The molecule has 0 aromatic carbocycles. The normalized spacial score (nSPS) is 27.7. The summed E-state index contributed by atoms with van der Waals surface area (Å²) in [5.41, 5.74) is 23.3. The van der Waals surface area contributed by atoms with Gasteiger partial charge in [0.15, 0.2) is 17.7 Å². The molecule has 12 heteroatoms. The number of ether oxygens (including phenoxy) is 1. The van der Waals surface area contributed by atoms with Crippen molar-refractivity contribution in [3.63, 3.8) is 0 Å². The van der Waals surface area contributed by atoms with Gasteiger partial charge in [0.25, 0.3) is 0 Å². The number of carbonyl (C=O) groups is 1. The number of aliphatic hydroxyl groups excluding tert-OH is 2. The number of aliphatic hydroxyl groups is 2. The maximum Gasteiger partial charge on any atom is 0.234 e.